The minimum Gasteiger partial charge on any atom is -0.365 e. The van der Waals surface area contributed by atoms with Crippen LogP contribution in [0.4, 0.5) is 14.5 Å². The SMILES string of the molecule is CNC(=O)c1ccc(N2CCN(C(C)c3ccc4c(=O)n(C)c(=O)[nH]c4c3F)CC2)c(F)n1. The summed E-state index contributed by atoms with van der Waals surface area (Å²) in [5.74, 6) is -1.81. The number of aromatic amines is 1. The Morgan fingerprint density at radius 3 is 2.45 bits per heavy atom. The highest BCUT2D eigenvalue weighted by Gasteiger charge is 2.27. The number of hydrogen-bond donors (Lipinski definition) is 2. The molecule has 33 heavy (non-hydrogen) atoms. The number of piperazine rings is 1. The van der Waals surface area contributed by atoms with Crippen molar-refractivity contribution in [2.75, 3.05) is 38.1 Å². The first-order valence-corrected chi connectivity index (χ1v) is 10.5. The lowest BCUT2D eigenvalue weighted by Crippen LogP contribution is -2.47. The molecule has 1 unspecified atom stereocenters. The van der Waals surface area contributed by atoms with Gasteiger partial charge in [-0.2, -0.15) is 4.39 Å². The third-order valence-corrected chi connectivity index (χ3v) is 6.18. The second-order valence-electron chi connectivity index (χ2n) is 7.97. The highest BCUT2D eigenvalue weighted by molar-refractivity contribution is 5.92. The van der Waals surface area contributed by atoms with E-state index in [0.717, 1.165) is 4.57 Å². The number of nitrogens with zero attached hydrogens (tertiary/aromatic N) is 4. The zero-order chi connectivity index (χ0) is 23.9. The molecule has 0 spiro atoms. The molecule has 4 rings (SSSR count). The fraction of sp³-hybridized carbons (Fsp3) is 0.364. The monoisotopic (exact) mass is 458 g/mol. The number of amides is 1. The number of fused-ring (bicyclic) bond motifs is 1. The van der Waals surface area contributed by atoms with Crippen molar-refractivity contribution in [3.05, 3.63) is 68.1 Å². The average Bonchev–Trinajstić information content (AvgIpc) is 2.82. The van der Waals surface area contributed by atoms with Crippen LogP contribution in [0.5, 0.6) is 0 Å². The zero-order valence-electron chi connectivity index (χ0n) is 18.5. The van der Waals surface area contributed by atoms with E-state index in [1.807, 2.05) is 16.7 Å². The third-order valence-electron chi connectivity index (χ3n) is 6.18. The van der Waals surface area contributed by atoms with Gasteiger partial charge in [0, 0.05) is 51.9 Å². The summed E-state index contributed by atoms with van der Waals surface area (Å²) in [6.07, 6.45) is 0. The number of aromatic nitrogens is 3. The van der Waals surface area contributed by atoms with Crippen LogP contribution in [0, 0.1) is 11.8 Å². The first-order valence-electron chi connectivity index (χ1n) is 10.5. The van der Waals surface area contributed by atoms with Crippen LogP contribution < -0.4 is 21.5 Å². The van der Waals surface area contributed by atoms with E-state index >= 15 is 4.39 Å². The van der Waals surface area contributed by atoms with Crippen molar-refractivity contribution in [1.29, 1.82) is 0 Å². The molecule has 0 saturated carbocycles. The summed E-state index contributed by atoms with van der Waals surface area (Å²) in [5, 5.41) is 2.52. The molecular formula is C22H24F2N6O3. The van der Waals surface area contributed by atoms with E-state index in [1.165, 1.54) is 32.3 Å². The standard InChI is InChI=1S/C22H24F2N6O3/c1-12(13-4-5-14-18(17(13)23)27-22(33)28(3)21(14)32)29-8-10-30(11-9-29)16-7-6-15(20(31)25-2)26-19(16)24/h4-7,12H,8-11H2,1-3H3,(H,25,31)(H,27,33). The average molecular weight is 458 g/mol. The fourth-order valence-electron chi connectivity index (χ4n) is 4.14. The molecular weight excluding hydrogens is 434 g/mol. The van der Waals surface area contributed by atoms with E-state index in [0.29, 0.717) is 37.4 Å². The molecule has 1 aliphatic rings. The van der Waals surface area contributed by atoms with E-state index in [-0.39, 0.29) is 22.6 Å². The van der Waals surface area contributed by atoms with Gasteiger partial charge in [-0.15, -0.1) is 0 Å². The Morgan fingerprint density at radius 1 is 1.12 bits per heavy atom. The van der Waals surface area contributed by atoms with Gasteiger partial charge in [-0.25, -0.2) is 14.2 Å². The number of benzene rings is 1. The molecule has 9 nitrogen and oxygen atoms in total. The van der Waals surface area contributed by atoms with Crippen LogP contribution in [-0.4, -0.2) is 58.6 Å². The maximum atomic E-state index is 15.2. The molecule has 1 aliphatic heterocycles. The quantitative estimate of drug-likeness (QED) is 0.569. The summed E-state index contributed by atoms with van der Waals surface area (Å²) in [5.41, 5.74) is -0.662. The number of H-pyrrole nitrogens is 1. The Morgan fingerprint density at radius 2 is 1.82 bits per heavy atom. The fourth-order valence-corrected chi connectivity index (χ4v) is 4.14. The number of nitrogens with one attached hydrogen (secondary N) is 2. The number of hydrogen-bond acceptors (Lipinski definition) is 6. The Hall–Kier alpha value is -3.60. The smallest absolute Gasteiger partial charge is 0.328 e. The van der Waals surface area contributed by atoms with Crippen LogP contribution in [-0.2, 0) is 7.05 Å². The molecule has 3 aromatic rings. The Labute approximate surface area is 187 Å². The minimum absolute atomic E-state index is 0.00524. The predicted octanol–water partition coefficient (Wildman–Crippen LogP) is 1.14. The third kappa shape index (κ3) is 3.99. The first kappa shape index (κ1) is 22.6. The highest BCUT2D eigenvalue weighted by Crippen LogP contribution is 2.28. The van der Waals surface area contributed by atoms with E-state index in [1.54, 1.807) is 6.07 Å². The summed E-state index contributed by atoms with van der Waals surface area (Å²) in [7, 11) is 2.78. The van der Waals surface area contributed by atoms with Gasteiger partial charge in [-0.05, 0) is 25.1 Å². The number of rotatable bonds is 4. The molecule has 3 heterocycles. The van der Waals surface area contributed by atoms with Crippen molar-refractivity contribution < 1.29 is 13.6 Å². The maximum Gasteiger partial charge on any atom is 0.328 e. The van der Waals surface area contributed by atoms with Crippen molar-refractivity contribution in [1.82, 2.24) is 24.8 Å². The van der Waals surface area contributed by atoms with Gasteiger partial charge in [0.25, 0.3) is 11.5 Å². The largest absolute Gasteiger partial charge is 0.365 e. The van der Waals surface area contributed by atoms with Crippen LogP contribution in [0.15, 0.2) is 33.9 Å². The van der Waals surface area contributed by atoms with Crippen molar-refractivity contribution in [2.45, 2.75) is 13.0 Å². The number of carbonyl (C=O) groups is 1. The lowest BCUT2D eigenvalue weighted by molar-refractivity contribution is 0.0957. The summed E-state index contributed by atoms with van der Waals surface area (Å²) < 4.78 is 30.6. The Balaban J connectivity index is 1.53. The van der Waals surface area contributed by atoms with Gasteiger partial charge < -0.3 is 15.2 Å². The lowest BCUT2D eigenvalue weighted by atomic mass is 10.0. The van der Waals surface area contributed by atoms with E-state index in [4.69, 9.17) is 0 Å². The number of halogens is 2. The molecule has 2 aromatic heterocycles. The number of anilines is 1. The molecule has 1 aromatic carbocycles. The van der Waals surface area contributed by atoms with Gasteiger partial charge in [-0.3, -0.25) is 19.1 Å². The predicted molar refractivity (Wildman–Crippen MR) is 120 cm³/mol. The summed E-state index contributed by atoms with van der Waals surface area (Å²) in [6.45, 7) is 3.87. The van der Waals surface area contributed by atoms with Gasteiger partial charge in [-0.1, -0.05) is 6.07 Å². The van der Waals surface area contributed by atoms with Gasteiger partial charge in [0.2, 0.25) is 5.95 Å². The van der Waals surface area contributed by atoms with E-state index < -0.39 is 28.9 Å². The summed E-state index contributed by atoms with van der Waals surface area (Å²) in [4.78, 5) is 45.9. The molecule has 174 valence electrons. The van der Waals surface area contributed by atoms with Gasteiger partial charge in [0.15, 0.2) is 5.82 Å². The van der Waals surface area contributed by atoms with Crippen molar-refractivity contribution in [3.63, 3.8) is 0 Å². The molecule has 1 saturated heterocycles. The first-order chi connectivity index (χ1) is 15.7. The molecule has 0 aliphatic carbocycles. The molecule has 1 amide bonds. The summed E-state index contributed by atoms with van der Waals surface area (Å²) >= 11 is 0. The molecule has 11 heteroatoms. The number of pyridine rings is 1. The lowest BCUT2D eigenvalue weighted by Gasteiger charge is -2.39. The Bertz CT molecular complexity index is 1340. The van der Waals surface area contributed by atoms with Gasteiger partial charge in [0.05, 0.1) is 16.6 Å². The van der Waals surface area contributed by atoms with E-state index in [2.05, 4.69) is 15.3 Å². The summed E-state index contributed by atoms with van der Waals surface area (Å²) in [6, 6.07) is 5.76. The minimum atomic E-state index is -0.719. The van der Waals surface area contributed by atoms with Crippen molar-refractivity contribution in [2.24, 2.45) is 7.05 Å². The van der Waals surface area contributed by atoms with Crippen LogP contribution in [0.2, 0.25) is 0 Å². The second-order valence-corrected chi connectivity index (χ2v) is 7.97. The maximum absolute atomic E-state index is 15.2. The van der Waals surface area contributed by atoms with Gasteiger partial charge in [0.1, 0.15) is 5.69 Å². The van der Waals surface area contributed by atoms with Crippen molar-refractivity contribution >= 4 is 22.5 Å². The second kappa shape index (κ2) is 8.74. The van der Waals surface area contributed by atoms with Crippen LogP contribution in [0.25, 0.3) is 10.9 Å². The van der Waals surface area contributed by atoms with Crippen molar-refractivity contribution in [3.8, 4) is 0 Å². The molecule has 0 bridgehead atoms. The normalized spacial score (nSPS) is 15.6. The van der Waals surface area contributed by atoms with Gasteiger partial charge >= 0.3 is 5.69 Å². The van der Waals surface area contributed by atoms with E-state index in [9.17, 15) is 18.8 Å². The molecule has 0 radical (unpaired) electrons. The van der Waals surface area contributed by atoms with Crippen LogP contribution >= 0.6 is 0 Å². The zero-order valence-corrected chi connectivity index (χ0v) is 18.5. The molecule has 2 N–H and O–H groups in total. The highest BCUT2D eigenvalue weighted by atomic mass is 19.1. The molecule has 1 fully saturated rings. The van der Waals surface area contributed by atoms with Crippen LogP contribution in [0.1, 0.15) is 29.0 Å². The topological polar surface area (TPSA) is 103 Å². The van der Waals surface area contributed by atoms with Crippen LogP contribution in [0.3, 0.4) is 0 Å². The Kier molecular flexibility index (Phi) is 5.98. The molecule has 1 atom stereocenters. The number of carbonyl (C=O) groups excluding carboxylic acids is 1.